The SMILES string of the molecule is CN(Cc1ccccc1F)C(=O)c1cc2ccccc2[nH]1. The van der Waals surface area contributed by atoms with Crippen LogP contribution in [0.2, 0.25) is 0 Å². The van der Waals surface area contributed by atoms with Gasteiger partial charge in [-0.1, -0.05) is 36.4 Å². The van der Waals surface area contributed by atoms with Crippen molar-refractivity contribution in [3.63, 3.8) is 0 Å². The molecule has 0 unspecified atom stereocenters. The summed E-state index contributed by atoms with van der Waals surface area (Å²) in [5, 5.41) is 0.986. The van der Waals surface area contributed by atoms with Crippen LogP contribution in [0, 0.1) is 5.82 Å². The molecular weight excluding hydrogens is 267 g/mol. The molecular formula is C17H15FN2O. The van der Waals surface area contributed by atoms with E-state index < -0.39 is 0 Å². The average molecular weight is 282 g/mol. The molecule has 0 spiro atoms. The quantitative estimate of drug-likeness (QED) is 0.783. The molecule has 21 heavy (non-hydrogen) atoms. The minimum absolute atomic E-state index is 0.158. The fourth-order valence-corrected chi connectivity index (χ4v) is 2.35. The fourth-order valence-electron chi connectivity index (χ4n) is 2.35. The number of nitrogens with zero attached hydrogens (tertiary/aromatic N) is 1. The van der Waals surface area contributed by atoms with E-state index >= 15 is 0 Å². The van der Waals surface area contributed by atoms with Crippen LogP contribution < -0.4 is 0 Å². The number of benzene rings is 2. The van der Waals surface area contributed by atoms with E-state index in [1.54, 1.807) is 25.2 Å². The van der Waals surface area contributed by atoms with Gasteiger partial charge in [0.25, 0.3) is 5.91 Å². The zero-order valence-corrected chi connectivity index (χ0v) is 11.6. The Morgan fingerprint density at radius 3 is 2.62 bits per heavy atom. The van der Waals surface area contributed by atoms with Crippen molar-refractivity contribution in [3.05, 3.63) is 71.7 Å². The Kier molecular flexibility index (Phi) is 3.44. The van der Waals surface area contributed by atoms with Gasteiger partial charge in [-0.3, -0.25) is 4.79 Å². The van der Waals surface area contributed by atoms with Crippen molar-refractivity contribution in [3.8, 4) is 0 Å². The maximum Gasteiger partial charge on any atom is 0.270 e. The van der Waals surface area contributed by atoms with Gasteiger partial charge in [-0.2, -0.15) is 0 Å². The molecule has 0 atom stereocenters. The summed E-state index contributed by atoms with van der Waals surface area (Å²) in [5.41, 5.74) is 1.93. The van der Waals surface area contributed by atoms with Crippen LogP contribution in [0.25, 0.3) is 10.9 Å². The van der Waals surface area contributed by atoms with Crippen LogP contribution in [0.3, 0.4) is 0 Å². The predicted octanol–water partition coefficient (Wildman–Crippen LogP) is 3.58. The third-order valence-electron chi connectivity index (χ3n) is 3.47. The number of H-pyrrole nitrogens is 1. The Balaban J connectivity index is 1.82. The Morgan fingerprint density at radius 1 is 1.14 bits per heavy atom. The van der Waals surface area contributed by atoms with Crippen molar-refractivity contribution in [2.24, 2.45) is 0 Å². The molecule has 0 saturated carbocycles. The summed E-state index contributed by atoms with van der Waals surface area (Å²) < 4.78 is 13.6. The normalized spacial score (nSPS) is 10.8. The topological polar surface area (TPSA) is 36.1 Å². The van der Waals surface area contributed by atoms with Gasteiger partial charge < -0.3 is 9.88 Å². The summed E-state index contributed by atoms with van der Waals surface area (Å²) in [6.07, 6.45) is 0. The number of hydrogen-bond donors (Lipinski definition) is 1. The zero-order valence-electron chi connectivity index (χ0n) is 11.6. The van der Waals surface area contributed by atoms with Crippen molar-refractivity contribution >= 4 is 16.8 Å². The van der Waals surface area contributed by atoms with Gasteiger partial charge in [0.05, 0.1) is 0 Å². The Hall–Kier alpha value is -2.62. The minimum atomic E-state index is -0.297. The van der Waals surface area contributed by atoms with Crippen molar-refractivity contribution < 1.29 is 9.18 Å². The van der Waals surface area contributed by atoms with Crippen LogP contribution in [-0.2, 0) is 6.54 Å². The van der Waals surface area contributed by atoms with E-state index in [4.69, 9.17) is 0 Å². The van der Waals surface area contributed by atoms with Crippen LogP contribution in [0.5, 0.6) is 0 Å². The standard InChI is InChI=1S/C17H15FN2O/c1-20(11-13-7-2-4-8-14(13)18)17(21)16-10-12-6-3-5-9-15(12)19-16/h2-10,19H,11H2,1H3. The van der Waals surface area contributed by atoms with Gasteiger partial charge in [0.1, 0.15) is 11.5 Å². The molecule has 1 N–H and O–H groups in total. The van der Waals surface area contributed by atoms with E-state index in [9.17, 15) is 9.18 Å². The first kappa shape index (κ1) is 13.4. The highest BCUT2D eigenvalue weighted by Gasteiger charge is 2.15. The molecule has 0 saturated heterocycles. The Bertz CT molecular complexity index is 761. The van der Waals surface area contributed by atoms with Crippen molar-refractivity contribution in [1.29, 1.82) is 0 Å². The van der Waals surface area contributed by atoms with Gasteiger partial charge in [0.15, 0.2) is 0 Å². The zero-order chi connectivity index (χ0) is 14.8. The van der Waals surface area contributed by atoms with Crippen LogP contribution in [0.1, 0.15) is 16.1 Å². The number of aromatic nitrogens is 1. The van der Waals surface area contributed by atoms with E-state index in [0.29, 0.717) is 11.3 Å². The van der Waals surface area contributed by atoms with Gasteiger partial charge in [-0.15, -0.1) is 0 Å². The second-order valence-electron chi connectivity index (χ2n) is 5.02. The lowest BCUT2D eigenvalue weighted by molar-refractivity contribution is 0.0779. The lowest BCUT2D eigenvalue weighted by atomic mass is 10.2. The smallest absolute Gasteiger partial charge is 0.270 e. The van der Waals surface area contributed by atoms with E-state index in [1.807, 2.05) is 30.3 Å². The molecule has 0 radical (unpaired) electrons. The van der Waals surface area contributed by atoms with Crippen LogP contribution in [0.4, 0.5) is 4.39 Å². The number of para-hydroxylation sites is 1. The van der Waals surface area contributed by atoms with Gasteiger partial charge in [-0.25, -0.2) is 4.39 Å². The van der Waals surface area contributed by atoms with Gasteiger partial charge in [0.2, 0.25) is 0 Å². The predicted molar refractivity (Wildman–Crippen MR) is 80.5 cm³/mol. The monoisotopic (exact) mass is 282 g/mol. The second kappa shape index (κ2) is 5.40. The van der Waals surface area contributed by atoms with Crippen molar-refractivity contribution in [1.82, 2.24) is 9.88 Å². The van der Waals surface area contributed by atoms with E-state index in [0.717, 1.165) is 10.9 Å². The maximum absolute atomic E-state index is 13.6. The lowest BCUT2D eigenvalue weighted by Crippen LogP contribution is -2.26. The Labute approximate surface area is 122 Å². The molecule has 0 fully saturated rings. The molecule has 0 aliphatic carbocycles. The maximum atomic E-state index is 13.6. The molecule has 2 aromatic carbocycles. The first-order chi connectivity index (χ1) is 10.1. The molecule has 106 valence electrons. The summed E-state index contributed by atoms with van der Waals surface area (Å²) in [4.78, 5) is 17.0. The van der Waals surface area contributed by atoms with E-state index in [1.165, 1.54) is 11.0 Å². The Morgan fingerprint density at radius 2 is 1.86 bits per heavy atom. The summed E-state index contributed by atoms with van der Waals surface area (Å²) in [7, 11) is 1.67. The number of rotatable bonds is 3. The molecule has 0 aliphatic rings. The number of nitrogens with one attached hydrogen (secondary N) is 1. The van der Waals surface area contributed by atoms with Gasteiger partial charge in [-0.05, 0) is 18.2 Å². The molecule has 0 bridgehead atoms. The van der Waals surface area contributed by atoms with Crippen molar-refractivity contribution in [2.45, 2.75) is 6.54 Å². The summed E-state index contributed by atoms with van der Waals surface area (Å²) >= 11 is 0. The molecule has 0 aliphatic heterocycles. The number of carbonyl (C=O) groups excluding carboxylic acids is 1. The fraction of sp³-hybridized carbons (Fsp3) is 0.118. The highest BCUT2D eigenvalue weighted by molar-refractivity contribution is 5.97. The van der Waals surface area contributed by atoms with Crippen LogP contribution >= 0.6 is 0 Å². The number of aromatic amines is 1. The third kappa shape index (κ3) is 2.65. The van der Waals surface area contributed by atoms with Crippen LogP contribution in [0.15, 0.2) is 54.6 Å². The van der Waals surface area contributed by atoms with Gasteiger partial charge >= 0.3 is 0 Å². The van der Waals surface area contributed by atoms with E-state index in [-0.39, 0.29) is 18.3 Å². The number of amides is 1. The second-order valence-corrected chi connectivity index (χ2v) is 5.02. The molecule has 4 heteroatoms. The number of halogens is 1. The molecule has 3 nitrogen and oxygen atoms in total. The van der Waals surface area contributed by atoms with Crippen LogP contribution in [-0.4, -0.2) is 22.8 Å². The molecule has 3 rings (SSSR count). The third-order valence-corrected chi connectivity index (χ3v) is 3.47. The summed E-state index contributed by atoms with van der Waals surface area (Å²) in [6, 6.07) is 16.0. The molecule has 3 aromatic rings. The summed E-state index contributed by atoms with van der Waals surface area (Å²) in [5.74, 6) is -0.455. The first-order valence-corrected chi connectivity index (χ1v) is 6.72. The number of hydrogen-bond acceptors (Lipinski definition) is 1. The lowest BCUT2D eigenvalue weighted by Gasteiger charge is -2.16. The first-order valence-electron chi connectivity index (χ1n) is 6.72. The summed E-state index contributed by atoms with van der Waals surface area (Å²) in [6.45, 7) is 0.237. The molecule has 1 aromatic heterocycles. The van der Waals surface area contributed by atoms with E-state index in [2.05, 4.69) is 4.98 Å². The number of fused-ring (bicyclic) bond motifs is 1. The molecule has 1 heterocycles. The van der Waals surface area contributed by atoms with Crippen molar-refractivity contribution in [2.75, 3.05) is 7.05 Å². The molecule has 1 amide bonds. The van der Waals surface area contributed by atoms with Gasteiger partial charge in [0, 0.05) is 30.1 Å². The average Bonchev–Trinajstić information content (AvgIpc) is 2.92. The number of carbonyl (C=O) groups is 1. The minimum Gasteiger partial charge on any atom is -0.351 e. The highest BCUT2D eigenvalue weighted by atomic mass is 19.1. The largest absolute Gasteiger partial charge is 0.351 e. The highest BCUT2D eigenvalue weighted by Crippen LogP contribution is 2.17.